The Morgan fingerprint density at radius 1 is 1.10 bits per heavy atom. The Kier molecular flexibility index (Phi) is 5.21. The van der Waals surface area contributed by atoms with E-state index < -0.39 is 0 Å². The first kappa shape index (κ1) is 19.8. The van der Waals surface area contributed by atoms with E-state index in [-0.39, 0.29) is 23.6 Å². The first-order chi connectivity index (χ1) is 15.1. The number of nitrogens with one attached hydrogen (secondary N) is 1. The van der Waals surface area contributed by atoms with Crippen LogP contribution in [0, 0.1) is 6.92 Å². The van der Waals surface area contributed by atoms with E-state index in [9.17, 15) is 9.59 Å². The van der Waals surface area contributed by atoms with Crippen molar-refractivity contribution >= 4 is 40.2 Å². The van der Waals surface area contributed by atoms with Gasteiger partial charge in [-0.05, 0) is 71.6 Å². The van der Waals surface area contributed by atoms with Gasteiger partial charge in [0.1, 0.15) is 0 Å². The lowest BCUT2D eigenvalue weighted by atomic mass is 9.97. The van der Waals surface area contributed by atoms with E-state index >= 15 is 0 Å². The van der Waals surface area contributed by atoms with Crippen molar-refractivity contribution in [3.05, 3.63) is 97.8 Å². The zero-order valence-electron chi connectivity index (χ0n) is 16.8. The van der Waals surface area contributed by atoms with Gasteiger partial charge in [-0.1, -0.05) is 12.1 Å². The predicted molar refractivity (Wildman–Crippen MR) is 123 cm³/mol. The van der Waals surface area contributed by atoms with Gasteiger partial charge < -0.3 is 14.6 Å². The topological polar surface area (TPSA) is 62.6 Å². The summed E-state index contributed by atoms with van der Waals surface area (Å²) in [5, 5.41) is 7.01. The van der Waals surface area contributed by atoms with E-state index in [1.54, 1.807) is 40.9 Å². The summed E-state index contributed by atoms with van der Waals surface area (Å²) in [6.45, 7) is 2.57. The number of hydrogen-bond acceptors (Lipinski definition) is 5. The van der Waals surface area contributed by atoms with Crippen molar-refractivity contribution < 1.29 is 14.0 Å². The van der Waals surface area contributed by atoms with Crippen LogP contribution in [0.15, 0.2) is 70.0 Å². The molecule has 1 atom stereocenters. The maximum absolute atomic E-state index is 13.6. The summed E-state index contributed by atoms with van der Waals surface area (Å²) in [7, 11) is 0. The van der Waals surface area contributed by atoms with E-state index in [4.69, 9.17) is 4.42 Å². The van der Waals surface area contributed by atoms with Gasteiger partial charge in [-0.15, -0.1) is 22.7 Å². The molecule has 0 saturated carbocycles. The summed E-state index contributed by atoms with van der Waals surface area (Å²) >= 11 is 3.42. The van der Waals surface area contributed by atoms with E-state index in [0.717, 1.165) is 16.9 Å². The Morgan fingerprint density at radius 2 is 2.00 bits per heavy atom. The zero-order chi connectivity index (χ0) is 21.4. The first-order valence-electron chi connectivity index (χ1n) is 9.98. The maximum Gasteiger partial charge on any atom is 0.291 e. The van der Waals surface area contributed by atoms with Crippen LogP contribution in [-0.2, 0) is 6.42 Å². The molecule has 0 unspecified atom stereocenters. The highest BCUT2D eigenvalue weighted by atomic mass is 32.1. The van der Waals surface area contributed by atoms with Gasteiger partial charge in [0, 0.05) is 27.5 Å². The van der Waals surface area contributed by atoms with Crippen LogP contribution in [0.2, 0.25) is 0 Å². The molecule has 0 bridgehead atoms. The van der Waals surface area contributed by atoms with Crippen LogP contribution in [0.4, 0.5) is 5.69 Å². The number of carbonyl (C=O) groups is 2. The second-order valence-electron chi connectivity index (χ2n) is 7.43. The smallest absolute Gasteiger partial charge is 0.291 e. The summed E-state index contributed by atoms with van der Waals surface area (Å²) in [5.41, 5.74) is 3.25. The second kappa shape index (κ2) is 8.17. The molecule has 5 rings (SSSR count). The third-order valence-electron chi connectivity index (χ3n) is 5.52. The van der Waals surface area contributed by atoms with Gasteiger partial charge in [-0.3, -0.25) is 9.59 Å². The number of fused-ring (bicyclic) bond motifs is 1. The number of nitrogens with zero attached hydrogens (tertiary/aromatic N) is 1. The maximum atomic E-state index is 13.6. The number of anilines is 1. The molecule has 7 heteroatoms. The summed E-state index contributed by atoms with van der Waals surface area (Å²) in [6.07, 6.45) is 2.32. The van der Waals surface area contributed by atoms with Crippen molar-refractivity contribution in [3.63, 3.8) is 0 Å². The normalized spacial score (nSPS) is 15.5. The number of benzene rings is 1. The lowest BCUT2D eigenvalue weighted by molar-refractivity contribution is 0.0698. The number of amides is 2. The summed E-state index contributed by atoms with van der Waals surface area (Å²) in [5.74, 6) is -0.145. The summed E-state index contributed by atoms with van der Waals surface area (Å²) in [6, 6.07) is 14.9. The molecule has 2 amide bonds. The van der Waals surface area contributed by atoms with Gasteiger partial charge in [-0.25, -0.2) is 0 Å². The van der Waals surface area contributed by atoms with Crippen LogP contribution in [-0.4, -0.2) is 23.3 Å². The number of aryl methyl sites for hydroxylation is 1. The Balaban J connectivity index is 1.46. The SMILES string of the molecule is Cc1ccc(C(=O)N2CCc3sccc3[C@@H]2c2cccs2)cc1NC(=O)c1ccco1. The van der Waals surface area contributed by atoms with Crippen LogP contribution in [0.25, 0.3) is 0 Å². The number of carbonyl (C=O) groups excluding carboxylic acids is 2. The fraction of sp³-hybridized carbons (Fsp3) is 0.167. The standard InChI is InChI=1S/C24H20N2O3S2/c1-15-6-7-16(14-18(15)25-23(27)19-4-2-11-29-19)24(28)26-10-8-20-17(9-13-31-20)22(26)21-5-3-12-30-21/h2-7,9,11-14,22H,8,10H2,1H3,(H,25,27)/t22-/m1/s1. The van der Waals surface area contributed by atoms with Crippen molar-refractivity contribution in [1.29, 1.82) is 0 Å². The third-order valence-corrected chi connectivity index (χ3v) is 7.44. The molecule has 4 aromatic rings. The number of furan rings is 1. The molecule has 0 aliphatic carbocycles. The van der Waals surface area contributed by atoms with Gasteiger partial charge in [0.25, 0.3) is 11.8 Å². The molecule has 156 valence electrons. The number of thiophene rings is 2. The van der Waals surface area contributed by atoms with E-state index in [1.807, 2.05) is 35.4 Å². The molecule has 0 spiro atoms. The van der Waals surface area contributed by atoms with Crippen molar-refractivity contribution in [2.45, 2.75) is 19.4 Å². The van der Waals surface area contributed by atoms with Crippen LogP contribution >= 0.6 is 22.7 Å². The molecule has 5 nitrogen and oxygen atoms in total. The number of hydrogen-bond donors (Lipinski definition) is 1. The molecule has 0 radical (unpaired) electrons. The van der Waals surface area contributed by atoms with Gasteiger partial charge in [0.15, 0.2) is 5.76 Å². The van der Waals surface area contributed by atoms with Crippen molar-refractivity contribution in [2.24, 2.45) is 0 Å². The lowest BCUT2D eigenvalue weighted by Gasteiger charge is -2.35. The van der Waals surface area contributed by atoms with Crippen LogP contribution in [0.5, 0.6) is 0 Å². The average Bonchev–Trinajstić information content (AvgIpc) is 3.56. The highest BCUT2D eigenvalue weighted by Gasteiger charge is 2.34. The number of rotatable bonds is 4. The van der Waals surface area contributed by atoms with Crippen LogP contribution in [0.1, 0.15) is 47.8 Å². The molecule has 1 aliphatic rings. The Labute approximate surface area is 187 Å². The average molecular weight is 449 g/mol. The molecule has 31 heavy (non-hydrogen) atoms. The van der Waals surface area contributed by atoms with Gasteiger partial charge in [-0.2, -0.15) is 0 Å². The first-order valence-corrected chi connectivity index (χ1v) is 11.7. The van der Waals surface area contributed by atoms with Crippen LogP contribution < -0.4 is 5.32 Å². The van der Waals surface area contributed by atoms with Gasteiger partial charge >= 0.3 is 0 Å². The minimum Gasteiger partial charge on any atom is -0.459 e. The van der Waals surface area contributed by atoms with E-state index in [2.05, 4.69) is 22.8 Å². The molecule has 0 fully saturated rings. The molecule has 1 aliphatic heterocycles. The molecule has 1 N–H and O–H groups in total. The monoisotopic (exact) mass is 448 g/mol. The highest BCUT2D eigenvalue weighted by molar-refractivity contribution is 7.10. The van der Waals surface area contributed by atoms with E-state index in [1.165, 1.54) is 16.7 Å². The Bertz CT molecular complexity index is 1230. The minimum absolute atomic E-state index is 0.0382. The summed E-state index contributed by atoms with van der Waals surface area (Å²) in [4.78, 5) is 30.5. The van der Waals surface area contributed by atoms with Crippen molar-refractivity contribution in [3.8, 4) is 0 Å². The minimum atomic E-state index is -0.338. The molecule has 4 heterocycles. The fourth-order valence-electron chi connectivity index (χ4n) is 3.94. The lowest BCUT2D eigenvalue weighted by Crippen LogP contribution is -2.39. The van der Waals surface area contributed by atoms with Crippen molar-refractivity contribution in [1.82, 2.24) is 4.90 Å². The second-order valence-corrected chi connectivity index (χ2v) is 9.41. The molecule has 0 saturated heterocycles. The van der Waals surface area contributed by atoms with Gasteiger partial charge in [0.2, 0.25) is 0 Å². The molecular formula is C24H20N2O3S2. The molecule has 1 aromatic carbocycles. The largest absolute Gasteiger partial charge is 0.459 e. The fourth-order valence-corrected chi connectivity index (χ4v) is 5.69. The van der Waals surface area contributed by atoms with Gasteiger partial charge in [0.05, 0.1) is 12.3 Å². The quantitative estimate of drug-likeness (QED) is 0.432. The molecular weight excluding hydrogens is 428 g/mol. The Morgan fingerprint density at radius 3 is 2.77 bits per heavy atom. The highest BCUT2D eigenvalue weighted by Crippen LogP contribution is 2.40. The summed E-state index contributed by atoms with van der Waals surface area (Å²) < 4.78 is 5.18. The van der Waals surface area contributed by atoms with E-state index in [0.29, 0.717) is 17.8 Å². The Hall–Kier alpha value is -3.16. The van der Waals surface area contributed by atoms with Crippen molar-refractivity contribution in [2.75, 3.05) is 11.9 Å². The third kappa shape index (κ3) is 3.71. The van der Waals surface area contributed by atoms with Crippen LogP contribution in [0.3, 0.4) is 0 Å². The predicted octanol–water partition coefficient (Wildman–Crippen LogP) is 5.75. The zero-order valence-corrected chi connectivity index (χ0v) is 18.5. The molecule has 3 aromatic heterocycles.